The molecule has 2 aromatic heterocycles. The average molecular weight is 383 g/mol. The SMILES string of the molecule is Cc1csc([C@H]2CCCN2C(=O)c2cccc(-c3nnc([C@H](C)N)o3)c2)n1. The zero-order valence-electron chi connectivity index (χ0n) is 15.3. The molecular formula is C19H21N5O2S. The highest BCUT2D eigenvalue weighted by atomic mass is 32.1. The highest BCUT2D eigenvalue weighted by Gasteiger charge is 2.32. The molecule has 1 aliphatic heterocycles. The highest BCUT2D eigenvalue weighted by molar-refractivity contribution is 7.09. The van der Waals surface area contributed by atoms with Crippen LogP contribution in [0.3, 0.4) is 0 Å². The minimum absolute atomic E-state index is 0.000801. The number of aryl methyl sites for hydroxylation is 1. The number of thiazole rings is 1. The van der Waals surface area contributed by atoms with Gasteiger partial charge in [0.25, 0.3) is 5.91 Å². The molecule has 1 fully saturated rings. The summed E-state index contributed by atoms with van der Waals surface area (Å²) in [7, 11) is 0. The Morgan fingerprint density at radius 3 is 2.96 bits per heavy atom. The van der Waals surface area contributed by atoms with Crippen LogP contribution in [0, 0.1) is 6.92 Å². The maximum absolute atomic E-state index is 13.2. The normalized spacial score (nSPS) is 18.0. The Kier molecular flexibility index (Phi) is 4.75. The summed E-state index contributed by atoms with van der Waals surface area (Å²) >= 11 is 1.62. The second kappa shape index (κ2) is 7.21. The lowest BCUT2D eigenvalue weighted by atomic mass is 10.1. The largest absolute Gasteiger partial charge is 0.419 e. The number of hydrogen-bond donors (Lipinski definition) is 1. The Morgan fingerprint density at radius 1 is 1.41 bits per heavy atom. The van der Waals surface area contributed by atoms with Crippen molar-refractivity contribution in [3.63, 3.8) is 0 Å². The van der Waals surface area contributed by atoms with E-state index in [0.717, 1.165) is 30.1 Å². The molecule has 1 saturated heterocycles. The fourth-order valence-electron chi connectivity index (χ4n) is 3.28. The van der Waals surface area contributed by atoms with E-state index in [0.29, 0.717) is 22.9 Å². The average Bonchev–Trinajstić information content (AvgIpc) is 3.41. The number of amides is 1. The van der Waals surface area contributed by atoms with Gasteiger partial charge in [0.05, 0.1) is 12.1 Å². The van der Waals surface area contributed by atoms with Gasteiger partial charge in [0.1, 0.15) is 5.01 Å². The van der Waals surface area contributed by atoms with Gasteiger partial charge in [0.15, 0.2) is 0 Å². The minimum atomic E-state index is -0.330. The molecule has 3 heterocycles. The van der Waals surface area contributed by atoms with Crippen LogP contribution >= 0.6 is 11.3 Å². The first-order valence-corrected chi connectivity index (χ1v) is 9.83. The summed E-state index contributed by atoms with van der Waals surface area (Å²) in [6.45, 7) is 4.50. The lowest BCUT2D eigenvalue weighted by Crippen LogP contribution is -2.30. The molecule has 0 saturated carbocycles. The molecule has 0 bridgehead atoms. The van der Waals surface area contributed by atoms with Crippen molar-refractivity contribution in [1.82, 2.24) is 20.1 Å². The van der Waals surface area contributed by atoms with Crippen LogP contribution in [0.15, 0.2) is 34.1 Å². The van der Waals surface area contributed by atoms with Crippen molar-refractivity contribution >= 4 is 17.2 Å². The van der Waals surface area contributed by atoms with Gasteiger partial charge in [-0.2, -0.15) is 0 Å². The maximum atomic E-state index is 13.2. The second-order valence-electron chi connectivity index (χ2n) is 6.80. The number of hydrogen-bond acceptors (Lipinski definition) is 7. The van der Waals surface area contributed by atoms with Crippen LogP contribution in [0.1, 0.15) is 58.8 Å². The van der Waals surface area contributed by atoms with Crippen molar-refractivity contribution in [1.29, 1.82) is 0 Å². The zero-order valence-corrected chi connectivity index (χ0v) is 16.1. The predicted octanol–water partition coefficient (Wildman–Crippen LogP) is 3.50. The van der Waals surface area contributed by atoms with Crippen molar-refractivity contribution in [2.75, 3.05) is 6.54 Å². The molecule has 1 aromatic carbocycles. The first kappa shape index (κ1) is 17.8. The van der Waals surface area contributed by atoms with E-state index >= 15 is 0 Å². The van der Waals surface area contributed by atoms with Crippen LogP contribution in [-0.2, 0) is 0 Å². The fourth-order valence-corrected chi connectivity index (χ4v) is 4.22. The molecule has 2 N–H and O–H groups in total. The number of likely N-dealkylation sites (tertiary alicyclic amines) is 1. The van der Waals surface area contributed by atoms with Crippen molar-refractivity contribution in [3.05, 3.63) is 51.8 Å². The topological polar surface area (TPSA) is 98.1 Å². The van der Waals surface area contributed by atoms with Crippen molar-refractivity contribution in [3.8, 4) is 11.5 Å². The van der Waals surface area contributed by atoms with Crippen LogP contribution < -0.4 is 5.73 Å². The van der Waals surface area contributed by atoms with Gasteiger partial charge >= 0.3 is 0 Å². The Hall–Kier alpha value is -2.58. The summed E-state index contributed by atoms with van der Waals surface area (Å²) in [5, 5.41) is 11.0. The molecule has 0 radical (unpaired) electrons. The maximum Gasteiger partial charge on any atom is 0.254 e. The predicted molar refractivity (Wildman–Crippen MR) is 102 cm³/mol. The van der Waals surface area contributed by atoms with E-state index in [9.17, 15) is 4.79 Å². The molecule has 7 nitrogen and oxygen atoms in total. The van der Waals surface area contributed by atoms with E-state index in [1.54, 1.807) is 24.3 Å². The molecule has 1 aliphatic rings. The molecule has 2 atom stereocenters. The summed E-state index contributed by atoms with van der Waals surface area (Å²) in [5.41, 5.74) is 8.09. The van der Waals surface area contributed by atoms with Crippen molar-refractivity contribution in [2.24, 2.45) is 5.73 Å². The van der Waals surface area contributed by atoms with Crippen molar-refractivity contribution in [2.45, 2.75) is 38.8 Å². The van der Waals surface area contributed by atoms with E-state index in [2.05, 4.69) is 15.2 Å². The van der Waals surface area contributed by atoms with E-state index in [1.807, 2.05) is 35.4 Å². The van der Waals surface area contributed by atoms with E-state index in [-0.39, 0.29) is 18.0 Å². The van der Waals surface area contributed by atoms with Gasteiger partial charge in [0, 0.05) is 28.7 Å². The third kappa shape index (κ3) is 3.50. The Morgan fingerprint density at radius 2 is 2.26 bits per heavy atom. The zero-order chi connectivity index (χ0) is 19.0. The molecule has 0 aliphatic carbocycles. The molecule has 8 heteroatoms. The third-order valence-electron chi connectivity index (χ3n) is 4.62. The van der Waals surface area contributed by atoms with Gasteiger partial charge < -0.3 is 15.1 Å². The molecule has 4 rings (SSSR count). The van der Waals surface area contributed by atoms with Gasteiger partial charge in [-0.15, -0.1) is 21.5 Å². The van der Waals surface area contributed by atoms with Gasteiger partial charge in [-0.05, 0) is 44.9 Å². The van der Waals surface area contributed by atoms with Crippen LogP contribution in [0.25, 0.3) is 11.5 Å². The van der Waals surface area contributed by atoms with E-state index in [4.69, 9.17) is 10.2 Å². The standard InChI is InChI=1S/C19H21N5O2S/c1-11-10-27-18(21-11)15-7-4-8-24(15)19(25)14-6-3-5-13(9-14)17-23-22-16(26-17)12(2)20/h3,5-6,9-10,12,15H,4,7-8,20H2,1-2H3/t12-,15+/m0/s1. The number of nitrogens with zero attached hydrogens (tertiary/aromatic N) is 4. The molecule has 1 amide bonds. The van der Waals surface area contributed by atoms with Crippen LogP contribution in [0.4, 0.5) is 0 Å². The summed E-state index contributed by atoms with van der Waals surface area (Å²) in [5.74, 6) is 0.741. The van der Waals surface area contributed by atoms with Crippen LogP contribution in [-0.4, -0.2) is 32.5 Å². The number of nitrogens with two attached hydrogens (primary N) is 1. The summed E-state index contributed by atoms with van der Waals surface area (Å²) in [6, 6.07) is 7.01. The van der Waals surface area contributed by atoms with E-state index < -0.39 is 0 Å². The van der Waals surface area contributed by atoms with Crippen LogP contribution in [0.2, 0.25) is 0 Å². The van der Waals surface area contributed by atoms with Gasteiger partial charge in [-0.3, -0.25) is 4.79 Å². The number of benzene rings is 1. The molecule has 140 valence electrons. The third-order valence-corrected chi connectivity index (χ3v) is 5.69. The highest BCUT2D eigenvalue weighted by Crippen LogP contribution is 2.35. The Balaban J connectivity index is 1.60. The Bertz CT molecular complexity index is 964. The number of aromatic nitrogens is 3. The Labute approximate surface area is 161 Å². The smallest absolute Gasteiger partial charge is 0.254 e. The van der Waals surface area contributed by atoms with Crippen molar-refractivity contribution < 1.29 is 9.21 Å². The molecule has 27 heavy (non-hydrogen) atoms. The monoisotopic (exact) mass is 383 g/mol. The molecule has 0 unspecified atom stereocenters. The lowest BCUT2D eigenvalue weighted by Gasteiger charge is -2.23. The number of carbonyl (C=O) groups is 1. The molecule has 3 aromatic rings. The summed E-state index contributed by atoms with van der Waals surface area (Å²) in [4.78, 5) is 19.6. The quantitative estimate of drug-likeness (QED) is 0.740. The summed E-state index contributed by atoms with van der Waals surface area (Å²) in [6.07, 6.45) is 1.93. The fraction of sp³-hybridized carbons (Fsp3) is 0.368. The number of carbonyl (C=O) groups excluding carboxylic acids is 1. The first-order chi connectivity index (χ1) is 13.0. The lowest BCUT2D eigenvalue weighted by molar-refractivity contribution is 0.0735. The van der Waals surface area contributed by atoms with Gasteiger partial charge in [-0.1, -0.05) is 6.07 Å². The van der Waals surface area contributed by atoms with Gasteiger partial charge in [0.2, 0.25) is 11.8 Å². The molecule has 0 spiro atoms. The number of rotatable bonds is 4. The van der Waals surface area contributed by atoms with Gasteiger partial charge in [-0.25, -0.2) is 4.98 Å². The summed E-state index contributed by atoms with van der Waals surface area (Å²) < 4.78 is 5.60. The second-order valence-corrected chi connectivity index (χ2v) is 7.69. The van der Waals surface area contributed by atoms with Crippen LogP contribution in [0.5, 0.6) is 0 Å². The minimum Gasteiger partial charge on any atom is -0.419 e. The first-order valence-electron chi connectivity index (χ1n) is 8.95. The molecular weight excluding hydrogens is 362 g/mol. The van der Waals surface area contributed by atoms with E-state index in [1.165, 1.54) is 0 Å².